The molecule has 0 bridgehead atoms. The van der Waals surface area contributed by atoms with Crippen LogP contribution in [0.25, 0.3) is 11.2 Å². The van der Waals surface area contributed by atoms with Crippen LogP contribution in [-0.2, 0) is 79.6 Å². The van der Waals surface area contributed by atoms with Gasteiger partial charge in [-0.3, -0.25) is 37.6 Å². The Balaban J connectivity index is 1.57. The number of halogens is 1. The van der Waals surface area contributed by atoms with E-state index in [1.165, 1.54) is 0 Å². The van der Waals surface area contributed by atoms with E-state index in [-0.39, 0.29) is 17.0 Å². The fourth-order valence-electron chi connectivity index (χ4n) is 5.39. The van der Waals surface area contributed by atoms with Crippen LogP contribution in [0.1, 0.15) is 40.8 Å². The molecule has 2 saturated heterocycles. The normalized spacial score (nSPS) is 29.3. The molecule has 0 aliphatic carbocycles. The van der Waals surface area contributed by atoms with Gasteiger partial charge in [-0.1, -0.05) is 0 Å². The molecule has 4 heterocycles. The molecule has 5 N–H and O–H groups in total. The minimum absolute atomic E-state index is 0.0170. The van der Waals surface area contributed by atoms with Gasteiger partial charge < -0.3 is 53.8 Å². The first kappa shape index (κ1) is 43.5. The molecular weight excluding hydrogens is 795 g/mol. The Morgan fingerprint density at radius 1 is 0.891 bits per heavy atom. The predicted molar refractivity (Wildman–Crippen MR) is 170 cm³/mol. The van der Waals surface area contributed by atoms with Gasteiger partial charge in [0.15, 0.2) is 48.3 Å². The molecule has 0 saturated carbocycles. The third kappa shape index (κ3) is 11.2. The number of nitrogen functional groups attached to an aromatic ring is 1. The maximum Gasteiger partial charge on any atom is 0.483 e. The predicted octanol–water partition coefficient (Wildman–Crippen LogP) is -0.730. The molecule has 2 aromatic rings. The number of rotatable bonds is 15. The lowest BCUT2D eigenvalue weighted by molar-refractivity contribution is -0.301. The lowest BCUT2D eigenvalue weighted by atomic mass is 9.94. The van der Waals surface area contributed by atoms with Crippen molar-refractivity contribution in [2.24, 2.45) is 0 Å². The van der Waals surface area contributed by atoms with Crippen LogP contribution in [0.5, 0.6) is 0 Å². The van der Waals surface area contributed by atoms with E-state index >= 15 is 4.39 Å². The van der Waals surface area contributed by atoms with E-state index in [4.69, 9.17) is 47.9 Å². The zero-order chi connectivity index (χ0) is 41.0. The summed E-state index contributed by atoms with van der Waals surface area (Å²) in [6.07, 6.45) is -17.4. The Kier molecular flexibility index (Phi) is 14.0. The van der Waals surface area contributed by atoms with Gasteiger partial charge in [0, 0.05) is 34.6 Å². The van der Waals surface area contributed by atoms with E-state index in [0.717, 1.165) is 51.8 Å². The van der Waals surface area contributed by atoms with Gasteiger partial charge in [0.25, 0.3) is 0 Å². The van der Waals surface area contributed by atoms with E-state index in [9.17, 15) is 48.0 Å². The Bertz CT molecular complexity index is 1870. The monoisotopic (exact) mass is 831 g/mol. The molecule has 28 heteroatoms. The highest BCUT2D eigenvalue weighted by Crippen LogP contribution is 2.62. The number of nitrogens with two attached hydrogens (primary N) is 1. The molecule has 55 heavy (non-hydrogen) atoms. The van der Waals surface area contributed by atoms with Crippen LogP contribution in [0, 0.1) is 0 Å². The maximum atomic E-state index is 15.2. The number of imidazole rings is 1. The van der Waals surface area contributed by atoms with Crippen LogP contribution in [0.4, 0.5) is 10.2 Å². The summed E-state index contributed by atoms with van der Waals surface area (Å²) in [5.74, 6) is -5.27. The SMILES string of the molecule is CC(=O)OCC(OC(C)=O)C1OC(OP(=O)(O)OP(=O)(O)OC[C@H]2O[C@@H](n3cnc4c(N)ncnc43)[C@H](F)[C@@H]2O)C(OC(C)=O)C(OC(C)=O)C1OC(C)=O. The molecule has 12 atom stereocenters. The van der Waals surface area contributed by atoms with Crippen molar-refractivity contribution < 1.29 is 98.9 Å². The van der Waals surface area contributed by atoms with Crippen LogP contribution in [0.2, 0.25) is 0 Å². The van der Waals surface area contributed by atoms with Crippen molar-refractivity contribution in [1.82, 2.24) is 19.5 Å². The van der Waals surface area contributed by atoms with Gasteiger partial charge in [0.2, 0.25) is 6.29 Å². The quantitative estimate of drug-likeness (QED) is 0.0976. The van der Waals surface area contributed by atoms with Crippen LogP contribution in [0.15, 0.2) is 12.7 Å². The number of ether oxygens (including phenoxy) is 7. The number of nitrogens with zero attached hydrogens (tertiary/aromatic N) is 4. The zero-order valence-corrected chi connectivity index (χ0v) is 31.1. The number of hydrogen-bond acceptors (Lipinski definition) is 22. The highest BCUT2D eigenvalue weighted by molar-refractivity contribution is 7.61. The Morgan fingerprint density at radius 3 is 2.11 bits per heavy atom. The van der Waals surface area contributed by atoms with E-state index in [0.29, 0.717) is 0 Å². The molecular formula is C27H36FN5O20P2. The number of phosphoric acid groups is 2. The first-order valence-corrected chi connectivity index (χ1v) is 18.7. The number of carbonyl (C=O) groups is 5. The second-order valence-corrected chi connectivity index (χ2v) is 14.6. The second-order valence-electron chi connectivity index (χ2n) is 11.6. The largest absolute Gasteiger partial charge is 0.483 e. The molecule has 8 unspecified atom stereocenters. The maximum absolute atomic E-state index is 15.2. The molecule has 2 aliphatic rings. The van der Waals surface area contributed by atoms with Crippen molar-refractivity contribution >= 4 is 62.5 Å². The molecule has 0 spiro atoms. The minimum atomic E-state index is -5.97. The summed E-state index contributed by atoms with van der Waals surface area (Å²) in [6.45, 7) is 2.58. The van der Waals surface area contributed by atoms with Crippen LogP contribution < -0.4 is 5.73 Å². The van der Waals surface area contributed by atoms with Gasteiger partial charge in [-0.2, -0.15) is 4.31 Å². The van der Waals surface area contributed by atoms with Crippen LogP contribution in [0.3, 0.4) is 0 Å². The van der Waals surface area contributed by atoms with Crippen molar-refractivity contribution in [2.75, 3.05) is 18.9 Å². The van der Waals surface area contributed by atoms with Crippen LogP contribution >= 0.6 is 15.6 Å². The number of aliphatic hydroxyl groups excluding tert-OH is 1. The van der Waals surface area contributed by atoms with E-state index in [2.05, 4.69) is 19.3 Å². The molecule has 2 fully saturated rings. The standard InChI is InChI=1S/C27H36FN5O20P2/c1-10(34)44-6-16(46-11(2)35)20-21(47-12(3)36)22(48-13(4)37)23(49-14(5)38)27(51-20)52-55(42,43)53-54(40,41)45-7-15-19(39)17(28)26(50-15)33-9-32-18-24(29)30-8-31-25(18)33/h8-9,15-17,19-23,26-27,39H,6-7H2,1-5H3,(H,40,41)(H,42,43)(H2,29,30,31)/t15-,16?,17-,19-,20?,21?,22?,23?,26-,27?/m1/s1. The number of carbonyl (C=O) groups excluding carboxylic acids is 5. The van der Waals surface area contributed by atoms with Crippen molar-refractivity contribution in [1.29, 1.82) is 0 Å². The van der Waals surface area contributed by atoms with Gasteiger partial charge in [0.1, 0.15) is 36.8 Å². The zero-order valence-electron chi connectivity index (χ0n) is 29.3. The molecule has 0 radical (unpaired) electrons. The summed E-state index contributed by atoms with van der Waals surface area (Å²) in [4.78, 5) is 92.7. The molecule has 25 nitrogen and oxygen atoms in total. The molecule has 2 aliphatic heterocycles. The van der Waals surface area contributed by atoms with E-state index in [1.54, 1.807) is 0 Å². The van der Waals surface area contributed by atoms with Gasteiger partial charge >= 0.3 is 45.5 Å². The lowest BCUT2D eigenvalue weighted by Gasteiger charge is -2.45. The Hall–Kier alpha value is -4.23. The van der Waals surface area contributed by atoms with Gasteiger partial charge in [-0.25, -0.2) is 28.5 Å². The second kappa shape index (κ2) is 17.7. The smallest absolute Gasteiger partial charge is 0.462 e. The third-order valence-electron chi connectivity index (χ3n) is 7.37. The third-order valence-corrected chi connectivity index (χ3v) is 9.97. The van der Waals surface area contributed by atoms with Crippen molar-refractivity contribution in [2.45, 2.75) is 96.0 Å². The summed E-state index contributed by atoms with van der Waals surface area (Å²) in [7, 11) is -11.7. The highest BCUT2D eigenvalue weighted by Gasteiger charge is 2.57. The lowest BCUT2D eigenvalue weighted by Crippen LogP contribution is -2.65. The number of aliphatic hydroxyl groups is 1. The van der Waals surface area contributed by atoms with E-state index in [1.807, 2.05) is 0 Å². The van der Waals surface area contributed by atoms with Gasteiger partial charge in [-0.15, -0.1) is 0 Å². The first-order chi connectivity index (χ1) is 25.6. The first-order valence-electron chi connectivity index (χ1n) is 15.7. The average Bonchev–Trinajstić information content (AvgIpc) is 3.60. The number of alkyl halides is 1. The number of phosphoric ester groups is 2. The molecule has 0 aromatic carbocycles. The summed E-state index contributed by atoms with van der Waals surface area (Å²) in [6, 6.07) is 0. The number of hydrogen-bond donors (Lipinski definition) is 4. The number of fused-ring (bicyclic) bond motifs is 1. The molecule has 306 valence electrons. The van der Waals surface area contributed by atoms with Gasteiger partial charge in [-0.05, 0) is 0 Å². The van der Waals surface area contributed by atoms with Crippen molar-refractivity contribution in [3.63, 3.8) is 0 Å². The van der Waals surface area contributed by atoms with Crippen molar-refractivity contribution in [3.8, 4) is 0 Å². The number of anilines is 1. The summed E-state index contributed by atoms with van der Waals surface area (Å²) < 4.78 is 93.1. The van der Waals surface area contributed by atoms with Crippen LogP contribution in [-0.4, -0.2) is 133 Å². The van der Waals surface area contributed by atoms with Gasteiger partial charge in [0.05, 0.1) is 12.9 Å². The Morgan fingerprint density at radius 2 is 1.51 bits per heavy atom. The molecule has 4 rings (SSSR count). The summed E-state index contributed by atoms with van der Waals surface area (Å²) >= 11 is 0. The highest BCUT2D eigenvalue weighted by atomic mass is 31.3. The fraction of sp³-hybridized carbons (Fsp3) is 0.630. The average molecular weight is 832 g/mol. The summed E-state index contributed by atoms with van der Waals surface area (Å²) in [5.41, 5.74) is 5.84. The molecule has 0 amide bonds. The number of aromatic nitrogens is 4. The minimum Gasteiger partial charge on any atom is -0.462 e. The summed E-state index contributed by atoms with van der Waals surface area (Å²) in [5, 5.41) is 10.5. The van der Waals surface area contributed by atoms with E-state index < -0.39 is 120 Å². The number of esters is 5. The van der Waals surface area contributed by atoms with Crippen molar-refractivity contribution in [3.05, 3.63) is 12.7 Å². The fourth-order valence-corrected chi connectivity index (χ4v) is 7.54. The Labute approximate surface area is 308 Å². The topological polar surface area (TPSA) is 342 Å². The molecule has 2 aromatic heterocycles.